The van der Waals surface area contributed by atoms with Gasteiger partial charge in [-0.15, -0.1) is 0 Å². The van der Waals surface area contributed by atoms with E-state index >= 15 is 0 Å². The Labute approximate surface area is 278 Å². The lowest BCUT2D eigenvalue weighted by Crippen LogP contribution is -2.12. The molecule has 0 saturated heterocycles. The maximum Gasteiger partial charge on any atom is 0.0987 e. The van der Waals surface area contributed by atoms with Crippen LogP contribution in [-0.4, -0.2) is 21.4 Å². The van der Waals surface area contributed by atoms with Gasteiger partial charge in [0, 0.05) is 34.6 Å². The summed E-state index contributed by atoms with van der Waals surface area (Å²) in [6.45, 7) is 0. The van der Waals surface area contributed by atoms with E-state index in [0.29, 0.717) is 0 Å². The fourth-order valence-electron chi connectivity index (χ4n) is 6.44. The molecular weight excluding hydrogens is 585 g/mol. The van der Waals surface area contributed by atoms with Crippen molar-refractivity contribution in [1.82, 2.24) is 9.97 Å². The van der Waals surface area contributed by atoms with Crippen LogP contribution in [0.25, 0.3) is 43.8 Å². The van der Waals surface area contributed by atoms with Crippen molar-refractivity contribution in [3.63, 3.8) is 0 Å². The van der Waals surface area contributed by atoms with Crippen LogP contribution in [0.2, 0.25) is 0 Å². The lowest BCUT2D eigenvalue weighted by Gasteiger charge is -2.19. The standard InChI is InChI=1S/C44H28N4/c1-3-11-29(12-4-1)35-19-21-39(45-27-35)43-37-23-31-15-7-9-17-33(31)25-41(37)48-44(38-24-32-16-8-10-18-34(32)26-42(38)47-43)40-22-20-36(28-46-40)30-13-5-2-6-14-30/h1-28H/b43-37?,44-38?,47-42?,47-43+,48-41?,48-44+. The van der Waals surface area contributed by atoms with Crippen LogP contribution in [0, 0.1) is 0 Å². The van der Waals surface area contributed by atoms with Gasteiger partial charge in [-0.2, -0.15) is 0 Å². The molecule has 2 aromatic heterocycles. The number of nitrogens with zero attached hydrogens (tertiary/aromatic N) is 4. The molecule has 6 aromatic carbocycles. The van der Waals surface area contributed by atoms with Crippen molar-refractivity contribution in [3.8, 4) is 22.3 Å². The molecule has 0 unspecified atom stereocenters. The van der Waals surface area contributed by atoms with Crippen molar-refractivity contribution in [1.29, 1.82) is 0 Å². The summed E-state index contributed by atoms with van der Waals surface area (Å²) in [4.78, 5) is 20.9. The number of hydrogen-bond acceptors (Lipinski definition) is 4. The average molecular weight is 613 g/mol. The molecule has 0 amide bonds. The molecular formula is C44H28N4. The Bertz CT molecular complexity index is 2340. The van der Waals surface area contributed by atoms with Crippen molar-refractivity contribution < 1.29 is 0 Å². The molecule has 4 nitrogen and oxygen atoms in total. The van der Waals surface area contributed by atoms with E-state index in [1.165, 1.54) is 0 Å². The van der Waals surface area contributed by atoms with E-state index in [9.17, 15) is 0 Å². The van der Waals surface area contributed by atoms with Gasteiger partial charge in [0.25, 0.3) is 0 Å². The molecule has 9 rings (SSSR count). The minimum absolute atomic E-state index is 0.780. The number of pyridine rings is 2. The molecule has 0 aliphatic carbocycles. The SMILES string of the molecule is c1ccc(-c2ccc(/C3=N/c4cc5ccccc5cc4/C(c4ccc(-c5ccccc5)cn4)=N\c4cc5ccccc5cc43)nc2)cc1. The largest absolute Gasteiger partial charge is 0.254 e. The predicted molar refractivity (Wildman–Crippen MR) is 198 cm³/mol. The molecule has 1 aliphatic heterocycles. The summed E-state index contributed by atoms with van der Waals surface area (Å²) in [5.41, 5.74) is 11.0. The molecule has 3 heterocycles. The molecule has 48 heavy (non-hydrogen) atoms. The first-order valence-electron chi connectivity index (χ1n) is 16.0. The van der Waals surface area contributed by atoms with Gasteiger partial charge in [-0.3, -0.25) is 9.97 Å². The molecule has 0 N–H and O–H groups in total. The zero-order valence-electron chi connectivity index (χ0n) is 26.0. The van der Waals surface area contributed by atoms with Gasteiger partial charge in [0.1, 0.15) is 0 Å². The maximum atomic E-state index is 5.46. The second-order valence-electron chi connectivity index (χ2n) is 12.0. The highest BCUT2D eigenvalue weighted by molar-refractivity contribution is 6.23. The van der Waals surface area contributed by atoms with Crippen molar-refractivity contribution in [3.05, 3.63) is 193 Å². The summed E-state index contributed by atoms with van der Waals surface area (Å²) in [6.07, 6.45) is 3.86. The van der Waals surface area contributed by atoms with Crippen LogP contribution >= 0.6 is 0 Å². The Morgan fingerprint density at radius 3 is 1.06 bits per heavy atom. The lowest BCUT2D eigenvalue weighted by atomic mass is 9.95. The van der Waals surface area contributed by atoms with E-state index in [-0.39, 0.29) is 0 Å². The van der Waals surface area contributed by atoms with Gasteiger partial charge in [0.05, 0.1) is 34.2 Å². The molecule has 0 spiro atoms. The Morgan fingerprint density at radius 2 is 0.688 bits per heavy atom. The quantitative estimate of drug-likeness (QED) is 0.199. The number of aromatic nitrogens is 2. The third-order valence-corrected chi connectivity index (χ3v) is 8.93. The van der Waals surface area contributed by atoms with Crippen LogP contribution in [-0.2, 0) is 0 Å². The molecule has 1 aliphatic rings. The van der Waals surface area contributed by atoms with Crippen molar-refractivity contribution >= 4 is 44.3 Å². The summed E-state index contributed by atoms with van der Waals surface area (Å²) < 4.78 is 0. The number of hydrogen-bond donors (Lipinski definition) is 0. The fourth-order valence-corrected chi connectivity index (χ4v) is 6.44. The molecule has 0 fully saturated rings. The number of benzene rings is 6. The highest BCUT2D eigenvalue weighted by atomic mass is 14.9. The van der Waals surface area contributed by atoms with Crippen LogP contribution in [0.1, 0.15) is 22.5 Å². The molecule has 8 aromatic rings. The van der Waals surface area contributed by atoms with Gasteiger partial charge in [-0.05, 0) is 69.1 Å². The lowest BCUT2D eigenvalue weighted by molar-refractivity contribution is 1.26. The Kier molecular flexibility index (Phi) is 6.76. The third kappa shape index (κ3) is 5.06. The summed E-state index contributed by atoms with van der Waals surface area (Å²) in [6, 6.07) is 54.5. The maximum absolute atomic E-state index is 5.46. The molecule has 0 bridgehead atoms. The Balaban J connectivity index is 1.29. The first-order valence-corrected chi connectivity index (χ1v) is 16.0. The van der Waals surface area contributed by atoms with Gasteiger partial charge >= 0.3 is 0 Å². The minimum atomic E-state index is 0.780. The molecule has 0 radical (unpaired) electrons. The topological polar surface area (TPSA) is 50.5 Å². The predicted octanol–water partition coefficient (Wildman–Crippen LogP) is 10.8. The molecule has 0 atom stereocenters. The Morgan fingerprint density at radius 1 is 0.312 bits per heavy atom. The summed E-state index contributed by atoms with van der Waals surface area (Å²) in [5.74, 6) is 0. The Hall–Kier alpha value is -6.52. The minimum Gasteiger partial charge on any atom is -0.254 e. The third-order valence-electron chi connectivity index (χ3n) is 8.93. The van der Waals surface area contributed by atoms with Crippen LogP contribution < -0.4 is 0 Å². The number of aliphatic imine (C=N–C) groups is 2. The second-order valence-corrected chi connectivity index (χ2v) is 12.0. The van der Waals surface area contributed by atoms with Crippen LogP contribution in [0.4, 0.5) is 11.4 Å². The highest BCUT2D eigenvalue weighted by Gasteiger charge is 2.23. The summed E-state index contributed by atoms with van der Waals surface area (Å²) in [5, 5.41) is 4.45. The van der Waals surface area contributed by atoms with Gasteiger partial charge in [0.15, 0.2) is 0 Å². The fraction of sp³-hybridized carbons (Fsp3) is 0. The zero-order valence-corrected chi connectivity index (χ0v) is 26.0. The first kappa shape index (κ1) is 27.8. The van der Waals surface area contributed by atoms with E-state index in [2.05, 4.69) is 121 Å². The average Bonchev–Trinajstić information content (AvgIpc) is 3.16. The summed E-state index contributed by atoms with van der Waals surface area (Å²) in [7, 11) is 0. The van der Waals surface area contributed by atoms with E-state index in [4.69, 9.17) is 20.0 Å². The van der Waals surface area contributed by atoms with Crippen molar-refractivity contribution in [2.24, 2.45) is 9.98 Å². The highest BCUT2D eigenvalue weighted by Crippen LogP contribution is 2.37. The first-order chi connectivity index (χ1) is 23.8. The molecule has 224 valence electrons. The van der Waals surface area contributed by atoms with E-state index in [0.717, 1.165) is 89.1 Å². The monoisotopic (exact) mass is 612 g/mol. The van der Waals surface area contributed by atoms with Gasteiger partial charge in [0.2, 0.25) is 0 Å². The number of rotatable bonds is 4. The van der Waals surface area contributed by atoms with Crippen molar-refractivity contribution in [2.75, 3.05) is 0 Å². The van der Waals surface area contributed by atoms with Crippen LogP contribution in [0.5, 0.6) is 0 Å². The second kappa shape index (κ2) is 11.7. The van der Waals surface area contributed by atoms with E-state index in [1.54, 1.807) is 0 Å². The number of fused-ring (bicyclic) bond motifs is 4. The molecule has 4 heteroatoms. The van der Waals surface area contributed by atoms with Gasteiger partial charge in [-0.25, -0.2) is 9.98 Å². The molecule has 0 saturated carbocycles. The van der Waals surface area contributed by atoms with Crippen molar-refractivity contribution in [2.45, 2.75) is 0 Å². The van der Waals surface area contributed by atoms with Crippen LogP contribution in [0.15, 0.2) is 180 Å². The van der Waals surface area contributed by atoms with E-state index in [1.807, 2.05) is 48.8 Å². The van der Waals surface area contributed by atoms with Crippen LogP contribution in [0.3, 0.4) is 0 Å². The van der Waals surface area contributed by atoms with E-state index < -0.39 is 0 Å². The zero-order chi connectivity index (χ0) is 31.9. The van der Waals surface area contributed by atoms with Gasteiger partial charge in [-0.1, -0.05) is 121 Å². The summed E-state index contributed by atoms with van der Waals surface area (Å²) >= 11 is 0. The van der Waals surface area contributed by atoms with Gasteiger partial charge < -0.3 is 0 Å². The normalized spacial score (nSPS) is 14.6. The smallest absolute Gasteiger partial charge is 0.0987 e.